The van der Waals surface area contributed by atoms with Crippen molar-refractivity contribution in [3.8, 4) is 0 Å². The van der Waals surface area contributed by atoms with Gasteiger partial charge in [-0.2, -0.15) is 0 Å². The summed E-state index contributed by atoms with van der Waals surface area (Å²) in [7, 11) is 0. The molecule has 2 saturated heterocycles. The molecule has 12 heteroatoms. The summed E-state index contributed by atoms with van der Waals surface area (Å²) in [6.45, 7) is 9.16. The van der Waals surface area contributed by atoms with Gasteiger partial charge in [0.05, 0.1) is 12.5 Å². The van der Waals surface area contributed by atoms with Gasteiger partial charge in [-0.05, 0) is 70.9 Å². The molecule has 5 N–H and O–H groups in total. The van der Waals surface area contributed by atoms with E-state index < -0.39 is 41.5 Å². The number of carbonyl (C=O) groups is 5. The van der Waals surface area contributed by atoms with Crippen molar-refractivity contribution in [2.24, 2.45) is 17.8 Å². The first-order chi connectivity index (χ1) is 17.4. The number of alkyl carbamates (subject to hydrolysis) is 1. The lowest BCUT2D eigenvalue weighted by Gasteiger charge is -2.35. The van der Waals surface area contributed by atoms with E-state index in [0.717, 1.165) is 32.4 Å². The van der Waals surface area contributed by atoms with Crippen LogP contribution >= 0.6 is 0 Å². The second kappa shape index (κ2) is 14.2. The van der Waals surface area contributed by atoms with Gasteiger partial charge in [0, 0.05) is 19.5 Å². The van der Waals surface area contributed by atoms with Gasteiger partial charge in [-0.1, -0.05) is 13.8 Å². The first kappa shape index (κ1) is 30.3. The van der Waals surface area contributed by atoms with Crippen LogP contribution in [0.25, 0.3) is 0 Å². The van der Waals surface area contributed by atoms with Gasteiger partial charge in [0.15, 0.2) is 0 Å². The lowest BCUT2D eigenvalue weighted by Crippen LogP contribution is -2.67. The van der Waals surface area contributed by atoms with Crippen LogP contribution in [0.3, 0.4) is 0 Å². The molecule has 37 heavy (non-hydrogen) atoms. The molecule has 2 rings (SSSR count). The molecule has 2 fully saturated rings. The summed E-state index contributed by atoms with van der Waals surface area (Å²) in [4.78, 5) is 63.9. The largest absolute Gasteiger partial charge is 0.478 e. The highest BCUT2D eigenvalue weighted by molar-refractivity contribution is 5.94. The molecule has 0 saturated carbocycles. The van der Waals surface area contributed by atoms with Gasteiger partial charge < -0.3 is 36.0 Å². The molecule has 4 amide bonds. The first-order valence-corrected chi connectivity index (χ1v) is 13.2. The first-order valence-electron chi connectivity index (χ1n) is 13.2. The molecule has 0 aliphatic carbocycles. The summed E-state index contributed by atoms with van der Waals surface area (Å²) in [6, 6.07) is -1.10. The summed E-state index contributed by atoms with van der Waals surface area (Å²) < 4.78 is 4.98. The molecule has 0 radical (unpaired) electrons. The number of hydrogen-bond donors (Lipinski definition) is 5. The Labute approximate surface area is 218 Å². The van der Waals surface area contributed by atoms with Crippen molar-refractivity contribution >= 4 is 29.8 Å². The maximum absolute atomic E-state index is 13.0. The van der Waals surface area contributed by atoms with Gasteiger partial charge in [0.1, 0.15) is 6.04 Å². The summed E-state index contributed by atoms with van der Waals surface area (Å²) >= 11 is 0. The standard InChI is InChI=1S/C25H43N5O7/c1-16(2)15-37-24(36)27-17(3)21(32)28-25(4,23(34)35)29-22(33)19-6-5-13-30(14-19)20(31)8-7-18-9-11-26-12-10-18/h16-19,26H,5-15H2,1-4H3,(H,27,36)(H,28,32)(H,29,33)(H,34,35)/t17-,19?,25-/m0/s1. The highest BCUT2D eigenvalue weighted by Gasteiger charge is 2.40. The molecule has 0 bridgehead atoms. The summed E-state index contributed by atoms with van der Waals surface area (Å²) in [5.74, 6) is -2.76. The van der Waals surface area contributed by atoms with Crippen molar-refractivity contribution in [1.82, 2.24) is 26.2 Å². The van der Waals surface area contributed by atoms with E-state index in [1.807, 2.05) is 13.8 Å². The fourth-order valence-corrected chi connectivity index (χ4v) is 4.44. The van der Waals surface area contributed by atoms with Gasteiger partial charge in [-0.3, -0.25) is 14.4 Å². The third kappa shape index (κ3) is 9.83. The molecule has 2 aliphatic heterocycles. The van der Waals surface area contributed by atoms with Crippen LogP contribution in [-0.4, -0.2) is 84.3 Å². The van der Waals surface area contributed by atoms with Crippen molar-refractivity contribution in [2.45, 2.75) is 77.9 Å². The van der Waals surface area contributed by atoms with E-state index >= 15 is 0 Å². The molecule has 0 aromatic carbocycles. The Bertz CT molecular complexity index is 830. The van der Waals surface area contributed by atoms with E-state index in [2.05, 4.69) is 21.3 Å². The number of hydrogen-bond acceptors (Lipinski definition) is 7. The van der Waals surface area contributed by atoms with E-state index in [9.17, 15) is 29.1 Å². The Morgan fingerprint density at radius 2 is 1.76 bits per heavy atom. The van der Waals surface area contributed by atoms with Gasteiger partial charge in [-0.25, -0.2) is 9.59 Å². The molecule has 210 valence electrons. The number of carboxylic acids is 1. The Kier molecular flexibility index (Phi) is 11.6. The zero-order valence-corrected chi connectivity index (χ0v) is 22.4. The predicted octanol–water partition coefficient (Wildman–Crippen LogP) is 0.809. The normalized spacial score (nSPS) is 20.9. The van der Waals surface area contributed by atoms with Gasteiger partial charge in [0.2, 0.25) is 23.4 Å². The molecule has 3 atom stereocenters. The average molecular weight is 526 g/mol. The molecule has 0 aromatic heterocycles. The number of amides is 4. The fraction of sp³-hybridized carbons (Fsp3) is 0.800. The summed E-state index contributed by atoms with van der Waals surface area (Å²) in [5, 5.41) is 20.1. The van der Waals surface area contributed by atoms with Crippen LogP contribution in [0.4, 0.5) is 4.79 Å². The molecule has 1 unspecified atom stereocenters. The number of carboxylic acid groups (broad SMARTS) is 1. The second-order valence-corrected chi connectivity index (χ2v) is 10.7. The maximum Gasteiger partial charge on any atom is 0.407 e. The Morgan fingerprint density at radius 3 is 2.38 bits per heavy atom. The molecule has 2 aliphatic rings. The second-order valence-electron chi connectivity index (χ2n) is 10.7. The molecule has 0 spiro atoms. The quantitative estimate of drug-likeness (QED) is 0.247. The van der Waals surface area contributed by atoms with E-state index in [1.165, 1.54) is 13.8 Å². The lowest BCUT2D eigenvalue weighted by atomic mass is 9.92. The van der Waals surface area contributed by atoms with Crippen molar-refractivity contribution in [2.75, 3.05) is 32.8 Å². The minimum atomic E-state index is -2.10. The fourth-order valence-electron chi connectivity index (χ4n) is 4.44. The number of nitrogens with zero attached hydrogens (tertiary/aromatic N) is 1. The number of carbonyl (C=O) groups excluding carboxylic acids is 4. The van der Waals surface area contributed by atoms with Crippen LogP contribution in [0.15, 0.2) is 0 Å². The van der Waals surface area contributed by atoms with Crippen molar-refractivity contribution < 1.29 is 33.8 Å². The van der Waals surface area contributed by atoms with Crippen molar-refractivity contribution in [1.29, 1.82) is 0 Å². The highest BCUT2D eigenvalue weighted by Crippen LogP contribution is 2.22. The summed E-state index contributed by atoms with van der Waals surface area (Å²) in [6.07, 6.45) is 3.72. The van der Waals surface area contributed by atoms with E-state index in [0.29, 0.717) is 31.7 Å². The number of aliphatic carboxylic acids is 1. The molecule has 12 nitrogen and oxygen atoms in total. The van der Waals surface area contributed by atoms with Crippen LogP contribution < -0.4 is 21.3 Å². The molecular formula is C25H43N5O7. The van der Waals surface area contributed by atoms with Crippen LogP contribution in [0.1, 0.15) is 66.2 Å². The van der Waals surface area contributed by atoms with E-state index in [4.69, 9.17) is 4.74 Å². The predicted molar refractivity (Wildman–Crippen MR) is 135 cm³/mol. The molecule has 2 heterocycles. The topological polar surface area (TPSA) is 166 Å². The number of rotatable bonds is 11. The molecule has 0 aromatic rings. The lowest BCUT2D eigenvalue weighted by molar-refractivity contribution is -0.152. The van der Waals surface area contributed by atoms with Crippen LogP contribution in [0.2, 0.25) is 0 Å². The minimum Gasteiger partial charge on any atom is -0.478 e. The number of likely N-dealkylation sites (tertiary alicyclic amines) is 1. The van der Waals surface area contributed by atoms with Crippen molar-refractivity contribution in [3.63, 3.8) is 0 Å². The van der Waals surface area contributed by atoms with E-state index in [-0.39, 0.29) is 25.0 Å². The number of ether oxygens (including phenoxy) is 1. The Hall–Kier alpha value is -2.89. The smallest absolute Gasteiger partial charge is 0.407 e. The number of piperidine rings is 2. The van der Waals surface area contributed by atoms with Crippen LogP contribution in [0, 0.1) is 17.8 Å². The van der Waals surface area contributed by atoms with E-state index in [1.54, 1.807) is 4.90 Å². The average Bonchev–Trinajstić information content (AvgIpc) is 2.86. The SMILES string of the molecule is CC(C)COC(=O)N[C@@H](C)C(=O)N[C@@](C)(NC(=O)C1CCCN(C(=O)CCC2CCNCC2)C1)C(=O)O. The Morgan fingerprint density at radius 1 is 1.08 bits per heavy atom. The van der Waals surface area contributed by atoms with Crippen molar-refractivity contribution in [3.05, 3.63) is 0 Å². The Balaban J connectivity index is 1.90. The zero-order valence-electron chi connectivity index (χ0n) is 22.4. The molecular weight excluding hydrogens is 482 g/mol. The third-order valence-corrected chi connectivity index (χ3v) is 6.82. The zero-order chi connectivity index (χ0) is 27.6. The van der Waals surface area contributed by atoms with Crippen LogP contribution in [-0.2, 0) is 23.9 Å². The maximum atomic E-state index is 13.0. The van der Waals surface area contributed by atoms with Gasteiger partial charge in [0.25, 0.3) is 0 Å². The van der Waals surface area contributed by atoms with Gasteiger partial charge in [-0.15, -0.1) is 0 Å². The summed E-state index contributed by atoms with van der Waals surface area (Å²) in [5.41, 5.74) is -2.10. The van der Waals surface area contributed by atoms with Gasteiger partial charge >= 0.3 is 12.1 Å². The number of nitrogens with one attached hydrogen (secondary N) is 4. The monoisotopic (exact) mass is 525 g/mol. The van der Waals surface area contributed by atoms with Crippen LogP contribution in [0.5, 0.6) is 0 Å². The highest BCUT2D eigenvalue weighted by atomic mass is 16.5. The minimum absolute atomic E-state index is 0.00887. The third-order valence-electron chi connectivity index (χ3n) is 6.82.